The van der Waals surface area contributed by atoms with Crippen molar-refractivity contribution in [1.29, 1.82) is 0 Å². The van der Waals surface area contributed by atoms with Gasteiger partial charge in [-0.15, -0.1) is 0 Å². The third-order valence-electron chi connectivity index (χ3n) is 6.05. The fourth-order valence-corrected chi connectivity index (χ4v) is 4.33. The van der Waals surface area contributed by atoms with Crippen molar-refractivity contribution in [2.24, 2.45) is 0 Å². The van der Waals surface area contributed by atoms with Gasteiger partial charge in [-0.3, -0.25) is 9.69 Å². The number of H-pyrrole nitrogens is 2. The highest BCUT2D eigenvalue weighted by molar-refractivity contribution is 5.91. The first-order valence-electron chi connectivity index (χ1n) is 10.8. The van der Waals surface area contributed by atoms with E-state index in [-0.39, 0.29) is 11.3 Å². The minimum atomic E-state index is -0.391. The Morgan fingerprint density at radius 3 is 2.71 bits per heavy atom. The van der Waals surface area contributed by atoms with Gasteiger partial charge in [0, 0.05) is 23.5 Å². The number of aromatic nitrogens is 3. The number of aromatic amines is 2. The maximum atomic E-state index is 13.6. The molecule has 5 rings (SSSR count). The van der Waals surface area contributed by atoms with Crippen LogP contribution in [0.4, 0.5) is 4.39 Å². The SMILES string of the molecule is Cc1c(-c2nc3cc(F)ccc3[nH]c2=O)[nH]c2ccc(OCCN3CCCCC3)cc12. The van der Waals surface area contributed by atoms with E-state index in [0.29, 0.717) is 23.3 Å². The van der Waals surface area contributed by atoms with Gasteiger partial charge in [0.05, 0.1) is 16.7 Å². The molecule has 0 amide bonds. The Bertz CT molecular complexity index is 1300. The first-order chi connectivity index (χ1) is 15.1. The summed E-state index contributed by atoms with van der Waals surface area (Å²) in [5, 5.41) is 0.978. The molecule has 31 heavy (non-hydrogen) atoms. The maximum Gasteiger partial charge on any atom is 0.276 e. The lowest BCUT2D eigenvalue weighted by molar-refractivity contribution is 0.183. The van der Waals surface area contributed by atoms with Gasteiger partial charge in [-0.25, -0.2) is 9.37 Å². The second-order valence-corrected chi connectivity index (χ2v) is 8.16. The van der Waals surface area contributed by atoms with Crippen molar-refractivity contribution in [3.05, 3.63) is 58.1 Å². The van der Waals surface area contributed by atoms with E-state index < -0.39 is 5.82 Å². The third-order valence-corrected chi connectivity index (χ3v) is 6.05. The Balaban J connectivity index is 1.43. The average molecular weight is 420 g/mol. The van der Waals surface area contributed by atoms with E-state index >= 15 is 0 Å². The van der Waals surface area contributed by atoms with Gasteiger partial charge in [-0.05, 0) is 68.8 Å². The number of hydrogen-bond acceptors (Lipinski definition) is 4. The minimum absolute atomic E-state index is 0.249. The lowest BCUT2D eigenvalue weighted by Gasteiger charge is -2.26. The molecule has 2 aromatic carbocycles. The number of aryl methyl sites for hydroxylation is 1. The highest BCUT2D eigenvalue weighted by atomic mass is 19.1. The van der Waals surface area contributed by atoms with Crippen molar-refractivity contribution in [1.82, 2.24) is 19.9 Å². The molecular weight excluding hydrogens is 395 g/mol. The predicted molar refractivity (Wildman–Crippen MR) is 120 cm³/mol. The fourth-order valence-electron chi connectivity index (χ4n) is 4.33. The molecule has 6 nitrogen and oxygen atoms in total. The molecule has 1 fully saturated rings. The van der Waals surface area contributed by atoms with Crippen LogP contribution in [-0.2, 0) is 0 Å². The molecule has 1 aliphatic rings. The molecule has 3 heterocycles. The fraction of sp³-hybridized carbons (Fsp3) is 0.333. The van der Waals surface area contributed by atoms with Gasteiger partial charge in [0.25, 0.3) is 5.56 Å². The van der Waals surface area contributed by atoms with Gasteiger partial charge in [0.15, 0.2) is 5.69 Å². The summed E-state index contributed by atoms with van der Waals surface area (Å²) in [4.78, 5) is 25.6. The molecular formula is C24H25FN4O2. The van der Waals surface area contributed by atoms with Crippen molar-refractivity contribution < 1.29 is 9.13 Å². The van der Waals surface area contributed by atoms with Crippen LogP contribution < -0.4 is 10.3 Å². The average Bonchev–Trinajstić information content (AvgIpc) is 3.10. The van der Waals surface area contributed by atoms with Gasteiger partial charge in [0.2, 0.25) is 0 Å². The van der Waals surface area contributed by atoms with Gasteiger partial charge >= 0.3 is 0 Å². The molecule has 0 aliphatic carbocycles. The van der Waals surface area contributed by atoms with Gasteiger partial charge in [-0.2, -0.15) is 0 Å². The van der Waals surface area contributed by atoms with E-state index in [1.54, 1.807) is 0 Å². The molecule has 2 N–H and O–H groups in total. The van der Waals surface area contributed by atoms with Crippen molar-refractivity contribution in [3.8, 4) is 17.1 Å². The monoisotopic (exact) mass is 420 g/mol. The lowest BCUT2D eigenvalue weighted by Crippen LogP contribution is -2.33. The third kappa shape index (κ3) is 3.93. The number of piperidine rings is 1. The Labute approximate surface area is 179 Å². The molecule has 1 aliphatic heterocycles. The zero-order chi connectivity index (χ0) is 21.4. The largest absolute Gasteiger partial charge is 0.492 e. The van der Waals surface area contributed by atoms with Crippen molar-refractivity contribution in [2.75, 3.05) is 26.2 Å². The number of ether oxygens (including phenoxy) is 1. The molecule has 7 heteroatoms. The molecule has 1 saturated heterocycles. The lowest BCUT2D eigenvalue weighted by atomic mass is 10.1. The zero-order valence-electron chi connectivity index (χ0n) is 17.5. The first kappa shape index (κ1) is 19.8. The van der Waals surface area contributed by atoms with E-state index in [4.69, 9.17) is 4.74 Å². The van der Waals surface area contributed by atoms with Crippen LogP contribution in [0.3, 0.4) is 0 Å². The van der Waals surface area contributed by atoms with Crippen molar-refractivity contribution in [3.63, 3.8) is 0 Å². The van der Waals surface area contributed by atoms with Crippen molar-refractivity contribution >= 4 is 21.9 Å². The van der Waals surface area contributed by atoms with Crippen LogP contribution in [0.15, 0.2) is 41.2 Å². The van der Waals surface area contributed by atoms with Crippen LogP contribution in [0, 0.1) is 12.7 Å². The number of hydrogen-bond donors (Lipinski definition) is 2. The van der Waals surface area contributed by atoms with Gasteiger partial charge < -0.3 is 14.7 Å². The predicted octanol–water partition coefficient (Wildman–Crippen LogP) is 4.38. The molecule has 0 atom stereocenters. The van der Waals surface area contributed by atoms with Crippen LogP contribution in [0.1, 0.15) is 24.8 Å². The first-order valence-corrected chi connectivity index (χ1v) is 10.8. The van der Waals surface area contributed by atoms with Crippen LogP contribution >= 0.6 is 0 Å². The summed E-state index contributed by atoms with van der Waals surface area (Å²) in [5.74, 6) is 0.415. The number of fused-ring (bicyclic) bond motifs is 2. The molecule has 160 valence electrons. The summed E-state index contributed by atoms with van der Waals surface area (Å²) in [5.41, 5.74) is 3.29. The smallest absolute Gasteiger partial charge is 0.276 e. The summed E-state index contributed by atoms with van der Waals surface area (Å²) < 4.78 is 19.6. The highest BCUT2D eigenvalue weighted by Gasteiger charge is 2.16. The van der Waals surface area contributed by atoms with Crippen molar-refractivity contribution in [2.45, 2.75) is 26.2 Å². The van der Waals surface area contributed by atoms with E-state index in [9.17, 15) is 9.18 Å². The molecule has 2 aromatic heterocycles. The molecule has 0 spiro atoms. The van der Waals surface area contributed by atoms with E-state index in [2.05, 4.69) is 19.9 Å². The topological polar surface area (TPSA) is 74.0 Å². The number of benzene rings is 2. The second-order valence-electron chi connectivity index (χ2n) is 8.16. The Hall–Kier alpha value is -3.19. The summed E-state index contributed by atoms with van der Waals surface area (Å²) in [7, 11) is 0. The summed E-state index contributed by atoms with van der Waals surface area (Å²) in [6.45, 7) is 5.84. The van der Waals surface area contributed by atoms with Gasteiger partial charge in [-0.1, -0.05) is 6.42 Å². The minimum Gasteiger partial charge on any atom is -0.492 e. The van der Waals surface area contributed by atoms with Gasteiger partial charge in [0.1, 0.15) is 18.2 Å². The Kier molecular flexibility index (Phi) is 5.19. The molecule has 0 unspecified atom stereocenters. The molecule has 0 saturated carbocycles. The standard InChI is InChI=1S/C24H25FN4O2/c1-15-18-14-17(31-12-11-29-9-3-2-4-10-29)6-8-19(18)26-22(15)23-24(30)28-20-7-5-16(25)13-21(20)27-23/h5-8,13-14,26H,2-4,9-12H2,1H3,(H,28,30). The number of rotatable bonds is 5. The summed E-state index contributed by atoms with van der Waals surface area (Å²) in [6, 6.07) is 10.0. The molecule has 4 aromatic rings. The quantitative estimate of drug-likeness (QED) is 0.502. The number of nitrogens with one attached hydrogen (secondary N) is 2. The zero-order valence-corrected chi connectivity index (χ0v) is 17.5. The highest BCUT2D eigenvalue weighted by Crippen LogP contribution is 2.30. The molecule has 0 radical (unpaired) electrons. The van der Waals surface area contributed by atoms with Crippen LogP contribution in [0.25, 0.3) is 33.3 Å². The second kappa shape index (κ2) is 8.15. The van der Waals surface area contributed by atoms with E-state index in [1.165, 1.54) is 37.5 Å². The van der Waals surface area contributed by atoms with E-state index in [0.717, 1.165) is 41.9 Å². The summed E-state index contributed by atoms with van der Waals surface area (Å²) in [6.07, 6.45) is 3.87. The summed E-state index contributed by atoms with van der Waals surface area (Å²) >= 11 is 0. The number of likely N-dealkylation sites (tertiary alicyclic amines) is 1. The van der Waals surface area contributed by atoms with E-state index in [1.807, 2.05) is 25.1 Å². The van der Waals surface area contributed by atoms with Crippen LogP contribution in [0.2, 0.25) is 0 Å². The number of nitrogens with zero attached hydrogens (tertiary/aromatic N) is 2. The van der Waals surface area contributed by atoms with Crippen LogP contribution in [0.5, 0.6) is 5.75 Å². The number of halogens is 1. The van der Waals surface area contributed by atoms with Crippen LogP contribution in [-0.4, -0.2) is 46.1 Å². The molecule has 0 bridgehead atoms. The Morgan fingerprint density at radius 2 is 1.87 bits per heavy atom. The Morgan fingerprint density at radius 1 is 1.06 bits per heavy atom. The maximum absolute atomic E-state index is 13.6. The normalized spacial score (nSPS) is 15.0.